The maximum absolute atomic E-state index is 12.6. The quantitative estimate of drug-likeness (QED) is 0.543. The highest BCUT2D eigenvalue weighted by Crippen LogP contribution is 2.31. The molecule has 0 aliphatic carbocycles. The van der Waals surface area contributed by atoms with Gasteiger partial charge in [-0.25, -0.2) is 8.42 Å². The van der Waals surface area contributed by atoms with Crippen molar-refractivity contribution in [3.8, 4) is 5.75 Å². The minimum atomic E-state index is -3.97. The number of hydrogen-bond donors (Lipinski definition) is 2. The summed E-state index contributed by atoms with van der Waals surface area (Å²) in [6.45, 7) is 0.305. The Morgan fingerprint density at radius 3 is 2.26 bits per heavy atom. The van der Waals surface area contributed by atoms with Crippen molar-refractivity contribution in [3.05, 3.63) is 82.3 Å². The molecule has 0 saturated heterocycles. The zero-order valence-corrected chi connectivity index (χ0v) is 18.5. The molecular formula is C22H18Cl2N2O4S. The molecule has 1 unspecified atom stereocenters. The number of benzene rings is 3. The molecule has 6 nitrogen and oxygen atoms in total. The fourth-order valence-corrected chi connectivity index (χ4v) is 5.51. The lowest BCUT2D eigenvalue weighted by molar-refractivity contribution is -0.121. The summed E-state index contributed by atoms with van der Waals surface area (Å²) in [4.78, 5) is 12.4. The van der Waals surface area contributed by atoms with Crippen LogP contribution >= 0.6 is 23.2 Å². The SMILES string of the molecule is O=C(Nc1ccc(NS(=O)(=O)c2c(Cl)cccc2Cl)cc1)C1COc2ccccc2C1. The van der Waals surface area contributed by atoms with Crippen LogP contribution in [0, 0.1) is 5.92 Å². The van der Waals surface area contributed by atoms with E-state index in [0.717, 1.165) is 11.3 Å². The summed E-state index contributed by atoms with van der Waals surface area (Å²) in [5.74, 6) is 0.336. The molecule has 1 heterocycles. The molecule has 4 rings (SSSR count). The molecule has 0 bridgehead atoms. The maximum Gasteiger partial charge on any atom is 0.264 e. The summed E-state index contributed by atoms with van der Waals surface area (Å²) in [5.41, 5.74) is 1.85. The molecule has 1 amide bonds. The van der Waals surface area contributed by atoms with Crippen LogP contribution in [0.4, 0.5) is 11.4 Å². The van der Waals surface area contributed by atoms with E-state index in [2.05, 4.69) is 10.0 Å². The van der Waals surface area contributed by atoms with Crippen LogP contribution < -0.4 is 14.8 Å². The highest BCUT2D eigenvalue weighted by Gasteiger charge is 2.26. The van der Waals surface area contributed by atoms with Gasteiger partial charge in [0.15, 0.2) is 0 Å². The molecule has 9 heteroatoms. The van der Waals surface area contributed by atoms with E-state index < -0.39 is 10.0 Å². The molecule has 1 atom stereocenters. The van der Waals surface area contributed by atoms with E-state index >= 15 is 0 Å². The largest absolute Gasteiger partial charge is 0.492 e. The van der Waals surface area contributed by atoms with Crippen LogP contribution in [0.1, 0.15) is 5.56 Å². The number of anilines is 2. The Balaban J connectivity index is 1.42. The van der Waals surface area contributed by atoms with E-state index in [0.29, 0.717) is 24.4 Å². The summed E-state index contributed by atoms with van der Waals surface area (Å²) >= 11 is 12.0. The van der Waals surface area contributed by atoms with Gasteiger partial charge in [-0.3, -0.25) is 9.52 Å². The molecule has 0 saturated carbocycles. The van der Waals surface area contributed by atoms with Crippen molar-refractivity contribution in [3.63, 3.8) is 0 Å². The van der Waals surface area contributed by atoms with Crippen LogP contribution in [0.25, 0.3) is 0 Å². The molecule has 31 heavy (non-hydrogen) atoms. The molecule has 0 radical (unpaired) electrons. The Morgan fingerprint density at radius 1 is 0.903 bits per heavy atom. The first-order valence-corrected chi connectivity index (χ1v) is 11.7. The summed E-state index contributed by atoms with van der Waals surface area (Å²) in [7, 11) is -3.97. The van der Waals surface area contributed by atoms with E-state index in [-0.39, 0.29) is 26.8 Å². The average Bonchev–Trinajstić information content (AvgIpc) is 2.74. The summed E-state index contributed by atoms with van der Waals surface area (Å²) in [5, 5.41) is 2.90. The zero-order chi connectivity index (χ0) is 22.0. The molecule has 1 aliphatic rings. The molecule has 160 valence electrons. The van der Waals surface area contributed by atoms with Gasteiger partial charge in [-0.15, -0.1) is 0 Å². The van der Waals surface area contributed by atoms with Gasteiger partial charge in [-0.1, -0.05) is 47.5 Å². The van der Waals surface area contributed by atoms with Crippen LogP contribution in [-0.2, 0) is 21.2 Å². The number of carbonyl (C=O) groups is 1. The number of hydrogen-bond acceptors (Lipinski definition) is 4. The lowest BCUT2D eigenvalue weighted by atomic mass is 9.96. The number of fused-ring (bicyclic) bond motifs is 1. The predicted molar refractivity (Wildman–Crippen MR) is 121 cm³/mol. The summed E-state index contributed by atoms with van der Waals surface area (Å²) < 4.78 is 33.4. The molecule has 0 spiro atoms. The second kappa shape index (κ2) is 8.78. The van der Waals surface area contributed by atoms with Gasteiger partial charge in [0.25, 0.3) is 10.0 Å². The average molecular weight is 477 g/mol. The summed E-state index contributed by atoms with van der Waals surface area (Å²) in [6, 6.07) is 18.4. The Morgan fingerprint density at radius 2 is 1.55 bits per heavy atom. The van der Waals surface area contributed by atoms with Crippen LogP contribution in [0.3, 0.4) is 0 Å². The molecule has 0 fully saturated rings. The molecule has 2 N–H and O–H groups in total. The minimum Gasteiger partial charge on any atom is -0.492 e. The lowest BCUT2D eigenvalue weighted by Gasteiger charge is -2.24. The lowest BCUT2D eigenvalue weighted by Crippen LogP contribution is -2.32. The van der Waals surface area contributed by atoms with Crippen LogP contribution in [-0.4, -0.2) is 20.9 Å². The van der Waals surface area contributed by atoms with Crippen LogP contribution in [0.2, 0.25) is 10.0 Å². The van der Waals surface area contributed by atoms with E-state index in [1.54, 1.807) is 30.3 Å². The Bertz CT molecular complexity index is 1210. The van der Waals surface area contributed by atoms with Crippen molar-refractivity contribution in [2.24, 2.45) is 5.92 Å². The Hall–Kier alpha value is -2.74. The molecular weight excluding hydrogens is 459 g/mol. The van der Waals surface area contributed by atoms with Crippen LogP contribution in [0.15, 0.2) is 71.6 Å². The molecule has 0 aromatic heterocycles. The van der Waals surface area contributed by atoms with E-state index in [1.807, 2.05) is 24.3 Å². The van der Waals surface area contributed by atoms with Gasteiger partial charge in [0.1, 0.15) is 17.3 Å². The number of sulfonamides is 1. The van der Waals surface area contributed by atoms with Crippen molar-refractivity contribution in [2.75, 3.05) is 16.6 Å². The van der Waals surface area contributed by atoms with E-state index in [1.165, 1.54) is 12.1 Å². The van der Waals surface area contributed by atoms with Gasteiger partial charge < -0.3 is 10.1 Å². The Kier molecular flexibility index (Phi) is 6.09. The van der Waals surface area contributed by atoms with Gasteiger partial charge >= 0.3 is 0 Å². The summed E-state index contributed by atoms with van der Waals surface area (Å²) in [6.07, 6.45) is 0.596. The standard InChI is InChI=1S/C22H18Cl2N2O4S/c23-18-5-3-6-19(24)21(18)31(28,29)26-17-10-8-16(9-11-17)25-22(27)15-12-14-4-1-2-7-20(14)30-13-15/h1-11,15,26H,12-13H2,(H,25,27). The third kappa shape index (κ3) is 4.79. The van der Waals surface area contributed by atoms with Gasteiger partial charge in [-0.05, 0) is 54.4 Å². The van der Waals surface area contributed by atoms with Crippen molar-refractivity contribution in [1.29, 1.82) is 0 Å². The van der Waals surface area contributed by atoms with Crippen molar-refractivity contribution in [1.82, 2.24) is 0 Å². The third-order valence-electron chi connectivity index (χ3n) is 4.84. The number of rotatable bonds is 5. The topological polar surface area (TPSA) is 84.5 Å². The van der Waals surface area contributed by atoms with Gasteiger partial charge in [-0.2, -0.15) is 0 Å². The van der Waals surface area contributed by atoms with Gasteiger partial charge in [0.2, 0.25) is 5.91 Å². The fraction of sp³-hybridized carbons (Fsp3) is 0.136. The fourth-order valence-electron chi connectivity index (χ4n) is 3.31. The zero-order valence-electron chi connectivity index (χ0n) is 16.1. The van der Waals surface area contributed by atoms with Crippen LogP contribution in [0.5, 0.6) is 5.75 Å². The molecule has 3 aromatic rings. The normalized spacial score (nSPS) is 15.5. The minimum absolute atomic E-state index is 0.0279. The monoisotopic (exact) mass is 476 g/mol. The second-order valence-electron chi connectivity index (χ2n) is 7.04. The number of amides is 1. The third-order valence-corrected chi connectivity index (χ3v) is 7.18. The first-order chi connectivity index (χ1) is 14.8. The van der Waals surface area contributed by atoms with Crippen molar-refractivity contribution in [2.45, 2.75) is 11.3 Å². The maximum atomic E-state index is 12.6. The first-order valence-electron chi connectivity index (χ1n) is 9.42. The highest BCUT2D eigenvalue weighted by atomic mass is 35.5. The predicted octanol–water partition coefficient (Wildman–Crippen LogP) is 4.98. The van der Waals surface area contributed by atoms with Gasteiger partial charge in [0.05, 0.1) is 16.0 Å². The Labute approximate surface area is 190 Å². The number of halogens is 2. The number of ether oxygens (including phenoxy) is 1. The van der Waals surface area contributed by atoms with Crippen molar-refractivity contribution >= 4 is 50.5 Å². The molecule has 3 aromatic carbocycles. The number of nitrogens with one attached hydrogen (secondary N) is 2. The molecule has 1 aliphatic heterocycles. The van der Waals surface area contributed by atoms with E-state index in [4.69, 9.17) is 27.9 Å². The second-order valence-corrected chi connectivity index (χ2v) is 9.48. The highest BCUT2D eigenvalue weighted by molar-refractivity contribution is 7.93. The van der Waals surface area contributed by atoms with Crippen molar-refractivity contribution < 1.29 is 17.9 Å². The number of carbonyl (C=O) groups excluding carboxylic acids is 1. The van der Waals surface area contributed by atoms with E-state index in [9.17, 15) is 13.2 Å². The smallest absolute Gasteiger partial charge is 0.264 e. The number of para-hydroxylation sites is 1. The van der Waals surface area contributed by atoms with Gasteiger partial charge in [0, 0.05) is 11.4 Å². The first kappa shape index (κ1) is 21.5.